The van der Waals surface area contributed by atoms with Crippen LogP contribution in [-0.2, 0) is 6.42 Å². The summed E-state index contributed by atoms with van der Waals surface area (Å²) in [7, 11) is 1.64. The van der Waals surface area contributed by atoms with Crippen molar-refractivity contribution in [2.24, 2.45) is 0 Å². The number of imidazole rings is 1. The molecule has 2 aromatic rings. The van der Waals surface area contributed by atoms with Gasteiger partial charge in [0.15, 0.2) is 11.5 Å². The molecule has 1 aromatic heterocycles. The van der Waals surface area contributed by atoms with Gasteiger partial charge in [0.2, 0.25) is 0 Å². The number of rotatable bonds is 6. The van der Waals surface area contributed by atoms with E-state index in [0.717, 1.165) is 29.1 Å². The second-order valence-electron chi connectivity index (χ2n) is 4.03. The summed E-state index contributed by atoms with van der Waals surface area (Å²) < 4.78 is 11.1. The van der Waals surface area contributed by atoms with Gasteiger partial charge < -0.3 is 14.5 Å². The fraction of sp³-hybridized carbons (Fsp3) is 0.267. The molecule has 0 aliphatic rings. The van der Waals surface area contributed by atoms with E-state index in [1.54, 1.807) is 19.5 Å². The number of benzene rings is 1. The molecule has 0 fully saturated rings. The van der Waals surface area contributed by atoms with Gasteiger partial charge in [-0.05, 0) is 25.5 Å². The smallest absolute Gasteiger partial charge is 0.164 e. The molecule has 0 spiro atoms. The van der Waals surface area contributed by atoms with E-state index in [-0.39, 0.29) is 0 Å². The predicted octanol–water partition coefficient (Wildman–Crippen LogP) is 3.21. The monoisotopic (exact) mass is 258 g/mol. The lowest BCUT2D eigenvalue weighted by atomic mass is 10.1. The van der Waals surface area contributed by atoms with Gasteiger partial charge in [-0.1, -0.05) is 6.08 Å². The highest BCUT2D eigenvalue weighted by molar-refractivity contribution is 5.64. The number of H-pyrrole nitrogens is 1. The molecular weight excluding hydrogens is 240 g/mol. The summed E-state index contributed by atoms with van der Waals surface area (Å²) in [4.78, 5) is 7.35. The van der Waals surface area contributed by atoms with Gasteiger partial charge in [-0.3, -0.25) is 0 Å². The molecular formula is C15H18N2O2. The Morgan fingerprint density at radius 2 is 2.26 bits per heavy atom. The minimum absolute atomic E-state index is 0.598. The van der Waals surface area contributed by atoms with Crippen LogP contribution in [0.5, 0.6) is 11.5 Å². The summed E-state index contributed by atoms with van der Waals surface area (Å²) in [5.41, 5.74) is 2.02. The maximum Gasteiger partial charge on any atom is 0.164 e. The van der Waals surface area contributed by atoms with Crippen molar-refractivity contribution in [3.05, 3.63) is 42.7 Å². The maximum absolute atomic E-state index is 5.68. The number of hydrogen-bond acceptors (Lipinski definition) is 3. The van der Waals surface area contributed by atoms with Crippen LogP contribution in [0.4, 0.5) is 0 Å². The number of aromatic nitrogens is 2. The van der Waals surface area contributed by atoms with Gasteiger partial charge in [-0.2, -0.15) is 0 Å². The highest BCUT2D eigenvalue weighted by Gasteiger charge is 2.14. The predicted molar refractivity (Wildman–Crippen MR) is 75.6 cm³/mol. The standard InChI is InChI=1S/C15H18N2O2/c1-4-6-11-9-12(15-16-7-8-17-15)10-13(18-3)14(11)19-5-2/h4,7-10H,1,5-6H2,2-3H3,(H,16,17). The molecule has 0 saturated carbocycles. The number of ether oxygens (including phenoxy) is 2. The molecule has 0 atom stereocenters. The van der Waals surface area contributed by atoms with Gasteiger partial charge in [0.25, 0.3) is 0 Å². The molecule has 4 heteroatoms. The molecule has 4 nitrogen and oxygen atoms in total. The van der Waals surface area contributed by atoms with Crippen LogP contribution in [0.15, 0.2) is 37.2 Å². The number of allylic oxidation sites excluding steroid dienone is 1. The first-order valence-electron chi connectivity index (χ1n) is 6.24. The van der Waals surface area contributed by atoms with E-state index in [4.69, 9.17) is 9.47 Å². The molecule has 2 rings (SSSR count). The zero-order valence-corrected chi connectivity index (χ0v) is 11.3. The van der Waals surface area contributed by atoms with Crippen molar-refractivity contribution in [1.29, 1.82) is 0 Å². The van der Waals surface area contributed by atoms with E-state index in [0.29, 0.717) is 12.4 Å². The zero-order chi connectivity index (χ0) is 13.7. The van der Waals surface area contributed by atoms with Crippen LogP contribution in [0.1, 0.15) is 12.5 Å². The summed E-state index contributed by atoms with van der Waals surface area (Å²) in [5, 5.41) is 0. The van der Waals surface area contributed by atoms with Crippen molar-refractivity contribution in [2.75, 3.05) is 13.7 Å². The largest absolute Gasteiger partial charge is 0.493 e. The van der Waals surface area contributed by atoms with E-state index in [9.17, 15) is 0 Å². The van der Waals surface area contributed by atoms with E-state index >= 15 is 0 Å². The molecule has 100 valence electrons. The molecule has 0 aliphatic heterocycles. The van der Waals surface area contributed by atoms with Crippen molar-refractivity contribution in [3.63, 3.8) is 0 Å². The Hall–Kier alpha value is -2.23. The van der Waals surface area contributed by atoms with E-state index < -0.39 is 0 Å². The van der Waals surface area contributed by atoms with E-state index in [1.807, 2.05) is 25.1 Å². The normalized spacial score (nSPS) is 10.2. The summed E-state index contributed by atoms with van der Waals surface area (Å²) in [6.45, 7) is 6.34. The highest BCUT2D eigenvalue weighted by Crippen LogP contribution is 2.36. The lowest BCUT2D eigenvalue weighted by Crippen LogP contribution is -2.00. The molecule has 19 heavy (non-hydrogen) atoms. The molecule has 1 heterocycles. The summed E-state index contributed by atoms with van der Waals surface area (Å²) in [5.74, 6) is 2.31. The molecule has 0 amide bonds. The average molecular weight is 258 g/mol. The minimum atomic E-state index is 0.598. The van der Waals surface area contributed by atoms with Gasteiger partial charge in [0.1, 0.15) is 5.82 Å². The summed E-state index contributed by atoms with van der Waals surface area (Å²) in [6.07, 6.45) is 6.10. The van der Waals surface area contributed by atoms with Crippen LogP contribution in [0.3, 0.4) is 0 Å². The number of hydrogen-bond donors (Lipinski definition) is 1. The second-order valence-corrected chi connectivity index (χ2v) is 4.03. The number of nitrogens with one attached hydrogen (secondary N) is 1. The lowest BCUT2D eigenvalue weighted by molar-refractivity contribution is 0.308. The third kappa shape index (κ3) is 2.78. The number of nitrogens with zero attached hydrogens (tertiary/aromatic N) is 1. The minimum Gasteiger partial charge on any atom is -0.493 e. The van der Waals surface area contributed by atoms with Crippen molar-refractivity contribution in [2.45, 2.75) is 13.3 Å². The Labute approximate surface area is 113 Å². The third-order valence-corrected chi connectivity index (χ3v) is 2.78. The van der Waals surface area contributed by atoms with Crippen LogP contribution in [0.25, 0.3) is 11.4 Å². The van der Waals surface area contributed by atoms with E-state index in [1.165, 1.54) is 0 Å². The van der Waals surface area contributed by atoms with Crippen LogP contribution in [0, 0.1) is 0 Å². The second kappa shape index (κ2) is 6.09. The zero-order valence-electron chi connectivity index (χ0n) is 11.3. The molecule has 1 aromatic carbocycles. The Bertz CT molecular complexity index is 548. The van der Waals surface area contributed by atoms with Crippen molar-refractivity contribution >= 4 is 0 Å². The topological polar surface area (TPSA) is 47.1 Å². The fourth-order valence-electron chi connectivity index (χ4n) is 1.99. The van der Waals surface area contributed by atoms with Crippen LogP contribution >= 0.6 is 0 Å². The maximum atomic E-state index is 5.68. The molecule has 0 saturated heterocycles. The SMILES string of the molecule is C=CCc1cc(-c2ncc[nH]2)cc(OC)c1OCC. The van der Waals surface area contributed by atoms with Crippen LogP contribution in [-0.4, -0.2) is 23.7 Å². The number of aromatic amines is 1. The first-order valence-corrected chi connectivity index (χ1v) is 6.24. The number of methoxy groups -OCH3 is 1. The Morgan fingerprint density at radius 3 is 2.84 bits per heavy atom. The summed E-state index contributed by atoms with van der Waals surface area (Å²) >= 11 is 0. The third-order valence-electron chi connectivity index (χ3n) is 2.78. The molecule has 0 unspecified atom stereocenters. The summed E-state index contributed by atoms with van der Waals surface area (Å²) in [6, 6.07) is 3.98. The van der Waals surface area contributed by atoms with Gasteiger partial charge in [0.05, 0.1) is 13.7 Å². The quantitative estimate of drug-likeness (QED) is 0.809. The first kappa shape index (κ1) is 13.2. The van der Waals surface area contributed by atoms with Crippen LogP contribution < -0.4 is 9.47 Å². The fourth-order valence-corrected chi connectivity index (χ4v) is 1.99. The van der Waals surface area contributed by atoms with Crippen molar-refractivity contribution in [1.82, 2.24) is 9.97 Å². The molecule has 0 radical (unpaired) electrons. The first-order chi connectivity index (χ1) is 9.30. The van der Waals surface area contributed by atoms with E-state index in [2.05, 4.69) is 16.5 Å². The molecule has 0 aliphatic carbocycles. The van der Waals surface area contributed by atoms with Crippen molar-refractivity contribution < 1.29 is 9.47 Å². The van der Waals surface area contributed by atoms with Gasteiger partial charge in [0, 0.05) is 23.5 Å². The Kier molecular flexibility index (Phi) is 4.23. The Balaban J connectivity index is 2.53. The average Bonchev–Trinajstić information content (AvgIpc) is 2.95. The Morgan fingerprint density at radius 1 is 1.42 bits per heavy atom. The van der Waals surface area contributed by atoms with Gasteiger partial charge in [-0.15, -0.1) is 6.58 Å². The van der Waals surface area contributed by atoms with Gasteiger partial charge in [-0.25, -0.2) is 4.98 Å². The highest BCUT2D eigenvalue weighted by atomic mass is 16.5. The molecule has 1 N–H and O–H groups in total. The van der Waals surface area contributed by atoms with Crippen molar-refractivity contribution in [3.8, 4) is 22.9 Å². The van der Waals surface area contributed by atoms with Crippen LogP contribution in [0.2, 0.25) is 0 Å². The van der Waals surface area contributed by atoms with Gasteiger partial charge >= 0.3 is 0 Å². The molecule has 0 bridgehead atoms. The lowest BCUT2D eigenvalue weighted by Gasteiger charge is -2.15.